The van der Waals surface area contributed by atoms with Crippen molar-refractivity contribution in [2.45, 2.75) is 64.5 Å². The Morgan fingerprint density at radius 1 is 0.750 bits per heavy atom. The van der Waals surface area contributed by atoms with Crippen LogP contribution in [0.4, 0.5) is 0 Å². The molecular weight excluding hydrogens is 148 g/mol. The third kappa shape index (κ3) is 9.92. The molecule has 12 heavy (non-hydrogen) atoms. The molecule has 0 aromatic heterocycles. The van der Waals surface area contributed by atoms with Gasteiger partial charge in [-0.3, -0.25) is 0 Å². The molecule has 0 heterocycles. The lowest BCUT2D eigenvalue weighted by Crippen LogP contribution is -2.14. The highest BCUT2D eigenvalue weighted by atomic mass is 14.6. The van der Waals surface area contributed by atoms with Crippen LogP contribution in [0.2, 0.25) is 0 Å². The molecule has 0 radical (unpaired) electrons. The van der Waals surface area contributed by atoms with Crippen molar-refractivity contribution in [3.05, 3.63) is 0 Å². The smallest absolute Gasteiger partial charge is 0.00104 e. The van der Waals surface area contributed by atoms with Gasteiger partial charge in [-0.2, -0.15) is 0 Å². The fourth-order valence-corrected chi connectivity index (χ4v) is 1.29. The van der Waals surface area contributed by atoms with Crippen molar-refractivity contribution in [1.29, 1.82) is 0 Å². The summed E-state index contributed by atoms with van der Waals surface area (Å²) in [4.78, 5) is 0. The summed E-state index contributed by atoms with van der Waals surface area (Å²) in [5, 5.41) is 0. The van der Waals surface area contributed by atoms with E-state index in [1.807, 2.05) is 0 Å². The molecule has 0 bridgehead atoms. The maximum absolute atomic E-state index is 5.64. The summed E-state index contributed by atoms with van der Waals surface area (Å²) in [6.07, 6.45) is 7.51. The first-order valence-electron chi connectivity index (χ1n) is 5.14. The van der Waals surface area contributed by atoms with Crippen molar-refractivity contribution < 1.29 is 0 Å². The second-order valence-corrected chi connectivity index (χ2v) is 3.95. The summed E-state index contributed by atoms with van der Waals surface area (Å²) in [7, 11) is 0. The van der Waals surface area contributed by atoms with Gasteiger partial charge in [0.1, 0.15) is 0 Å². The molecule has 2 nitrogen and oxygen atoms in total. The highest BCUT2D eigenvalue weighted by Gasteiger charge is 1.96. The predicted octanol–water partition coefficient (Wildman–Crippen LogP) is 2.02. The normalized spacial score (nSPS) is 16.0. The molecule has 0 aliphatic rings. The molecule has 0 amide bonds. The van der Waals surface area contributed by atoms with E-state index in [2.05, 4.69) is 13.8 Å². The summed E-state index contributed by atoms with van der Waals surface area (Å²) in [5.74, 6) is 0. The number of rotatable bonds is 7. The Bertz CT molecular complexity index is 77.8. The van der Waals surface area contributed by atoms with Gasteiger partial charge in [0.05, 0.1) is 0 Å². The molecule has 2 heteroatoms. The van der Waals surface area contributed by atoms with Gasteiger partial charge in [0.15, 0.2) is 0 Å². The van der Waals surface area contributed by atoms with Gasteiger partial charge in [0.2, 0.25) is 0 Å². The third-order valence-corrected chi connectivity index (χ3v) is 2.07. The third-order valence-electron chi connectivity index (χ3n) is 2.07. The molecule has 0 unspecified atom stereocenters. The van der Waals surface area contributed by atoms with Crippen molar-refractivity contribution >= 4 is 0 Å². The van der Waals surface area contributed by atoms with Crippen LogP contribution in [0.15, 0.2) is 0 Å². The molecule has 2 atom stereocenters. The van der Waals surface area contributed by atoms with E-state index in [0.29, 0.717) is 12.1 Å². The maximum atomic E-state index is 5.64. The molecule has 0 aliphatic heterocycles. The molecule has 0 aromatic carbocycles. The monoisotopic (exact) mass is 172 g/mol. The van der Waals surface area contributed by atoms with Gasteiger partial charge >= 0.3 is 0 Å². The summed E-state index contributed by atoms with van der Waals surface area (Å²) in [6.45, 7) is 4.14. The average molecular weight is 172 g/mol. The summed E-state index contributed by atoms with van der Waals surface area (Å²) in [5.41, 5.74) is 11.3. The van der Waals surface area contributed by atoms with Crippen LogP contribution in [0.1, 0.15) is 52.4 Å². The maximum Gasteiger partial charge on any atom is 0.00104 e. The van der Waals surface area contributed by atoms with Gasteiger partial charge in [-0.25, -0.2) is 0 Å². The number of hydrogen-bond donors (Lipinski definition) is 2. The lowest BCUT2D eigenvalue weighted by atomic mass is 10.1. The molecule has 4 N–H and O–H groups in total. The fraction of sp³-hybridized carbons (Fsp3) is 1.00. The summed E-state index contributed by atoms with van der Waals surface area (Å²) < 4.78 is 0. The SMILES string of the molecule is C[C@H](N)CCCCCC[C@H](C)N. The Labute approximate surface area is 76.7 Å². The first-order chi connectivity index (χ1) is 5.63. The molecule has 0 aromatic rings. The van der Waals surface area contributed by atoms with Crippen molar-refractivity contribution in [3.8, 4) is 0 Å². The van der Waals surface area contributed by atoms with E-state index in [-0.39, 0.29) is 0 Å². The molecule has 0 aliphatic carbocycles. The molecule has 74 valence electrons. The van der Waals surface area contributed by atoms with Gasteiger partial charge in [-0.1, -0.05) is 25.7 Å². The van der Waals surface area contributed by atoms with Crippen LogP contribution in [-0.2, 0) is 0 Å². The largest absolute Gasteiger partial charge is 0.328 e. The van der Waals surface area contributed by atoms with Crippen LogP contribution in [0.5, 0.6) is 0 Å². The van der Waals surface area contributed by atoms with Crippen LogP contribution < -0.4 is 11.5 Å². The molecule has 0 fully saturated rings. The van der Waals surface area contributed by atoms with E-state index in [1.165, 1.54) is 25.7 Å². The van der Waals surface area contributed by atoms with E-state index < -0.39 is 0 Å². The highest BCUT2D eigenvalue weighted by molar-refractivity contribution is 4.56. The number of unbranched alkanes of at least 4 members (excludes halogenated alkanes) is 3. The molecule has 0 rings (SSSR count). The zero-order chi connectivity index (χ0) is 9.40. The van der Waals surface area contributed by atoms with E-state index in [9.17, 15) is 0 Å². The van der Waals surface area contributed by atoms with Crippen LogP contribution >= 0.6 is 0 Å². The summed E-state index contributed by atoms with van der Waals surface area (Å²) in [6, 6.07) is 0.747. The second kappa shape index (κ2) is 7.56. The van der Waals surface area contributed by atoms with Crippen LogP contribution in [0.25, 0.3) is 0 Å². The first-order valence-corrected chi connectivity index (χ1v) is 5.14. The number of nitrogens with two attached hydrogens (primary N) is 2. The Hall–Kier alpha value is -0.0800. The Kier molecular flexibility index (Phi) is 7.51. The van der Waals surface area contributed by atoms with E-state index in [4.69, 9.17) is 11.5 Å². The lowest BCUT2D eigenvalue weighted by Gasteiger charge is -2.05. The summed E-state index contributed by atoms with van der Waals surface area (Å²) >= 11 is 0. The van der Waals surface area contributed by atoms with Crippen LogP contribution in [-0.4, -0.2) is 12.1 Å². The van der Waals surface area contributed by atoms with Gasteiger partial charge in [-0.05, 0) is 26.7 Å². The fourth-order valence-electron chi connectivity index (χ4n) is 1.29. The predicted molar refractivity (Wildman–Crippen MR) is 55.0 cm³/mol. The lowest BCUT2D eigenvalue weighted by molar-refractivity contribution is 0.535. The Morgan fingerprint density at radius 3 is 1.33 bits per heavy atom. The van der Waals surface area contributed by atoms with E-state index in [0.717, 1.165) is 12.8 Å². The first kappa shape index (κ1) is 11.9. The second-order valence-electron chi connectivity index (χ2n) is 3.95. The van der Waals surface area contributed by atoms with Crippen molar-refractivity contribution in [1.82, 2.24) is 0 Å². The van der Waals surface area contributed by atoms with Crippen LogP contribution in [0, 0.1) is 0 Å². The minimum Gasteiger partial charge on any atom is -0.328 e. The highest BCUT2D eigenvalue weighted by Crippen LogP contribution is 2.07. The van der Waals surface area contributed by atoms with Gasteiger partial charge in [0, 0.05) is 12.1 Å². The zero-order valence-corrected chi connectivity index (χ0v) is 8.55. The van der Waals surface area contributed by atoms with Crippen molar-refractivity contribution in [3.63, 3.8) is 0 Å². The van der Waals surface area contributed by atoms with Crippen molar-refractivity contribution in [2.75, 3.05) is 0 Å². The van der Waals surface area contributed by atoms with E-state index >= 15 is 0 Å². The zero-order valence-electron chi connectivity index (χ0n) is 8.55. The minimum absolute atomic E-state index is 0.374. The molecular formula is C10H24N2. The Morgan fingerprint density at radius 2 is 1.08 bits per heavy atom. The van der Waals surface area contributed by atoms with Crippen molar-refractivity contribution in [2.24, 2.45) is 11.5 Å². The average Bonchev–Trinajstić information content (AvgIpc) is 1.95. The standard InChI is InChI=1S/C10H24N2/c1-9(11)7-5-3-4-6-8-10(2)12/h9-10H,3-8,11-12H2,1-2H3/t9-,10-/m0/s1. The van der Waals surface area contributed by atoms with Gasteiger partial charge < -0.3 is 11.5 Å². The Balaban J connectivity index is 2.91. The minimum atomic E-state index is 0.374. The topological polar surface area (TPSA) is 52.0 Å². The molecule has 0 saturated heterocycles. The number of hydrogen-bond acceptors (Lipinski definition) is 2. The molecule has 0 spiro atoms. The van der Waals surface area contributed by atoms with Gasteiger partial charge in [-0.15, -0.1) is 0 Å². The quantitative estimate of drug-likeness (QED) is 0.577. The van der Waals surface area contributed by atoms with Gasteiger partial charge in [0.25, 0.3) is 0 Å². The van der Waals surface area contributed by atoms with E-state index in [1.54, 1.807) is 0 Å². The van der Waals surface area contributed by atoms with Crippen LogP contribution in [0.3, 0.4) is 0 Å². The molecule has 0 saturated carbocycles.